The molecule has 0 spiro atoms. The van der Waals surface area contributed by atoms with Crippen LogP contribution in [0.1, 0.15) is 16.9 Å². The summed E-state index contributed by atoms with van der Waals surface area (Å²) in [7, 11) is 2.60. The van der Waals surface area contributed by atoms with Gasteiger partial charge < -0.3 is 9.47 Å². The smallest absolute Gasteiger partial charge is 0.324 e. The number of benzene rings is 1. The summed E-state index contributed by atoms with van der Waals surface area (Å²) < 4.78 is 9.97. The van der Waals surface area contributed by atoms with Crippen LogP contribution in [0, 0.1) is 10.8 Å². The Bertz CT molecular complexity index is 778. The predicted molar refractivity (Wildman–Crippen MR) is 97.0 cm³/mol. The Morgan fingerprint density at radius 1 is 1.08 bits per heavy atom. The number of hydrogen-bond acceptors (Lipinski definition) is 5. The highest BCUT2D eigenvalue weighted by Gasteiger charge is 2.79. The lowest BCUT2D eigenvalue weighted by Crippen LogP contribution is -2.35. The molecule has 0 bridgehead atoms. The number of allylic oxidation sites excluding steroid dienone is 1. The highest BCUT2D eigenvalue weighted by Crippen LogP contribution is 2.72. The summed E-state index contributed by atoms with van der Waals surface area (Å²) in [5.74, 6) is -1.12. The zero-order valence-electron chi connectivity index (χ0n) is 14.3. The number of thiophene rings is 1. The van der Waals surface area contributed by atoms with Crippen molar-refractivity contribution in [1.82, 2.24) is 0 Å². The molecule has 3 rings (SSSR count). The van der Waals surface area contributed by atoms with Crippen LogP contribution in [-0.2, 0) is 25.5 Å². The monoisotopic (exact) mass is 356 g/mol. The van der Waals surface area contributed by atoms with E-state index in [1.165, 1.54) is 14.2 Å². The van der Waals surface area contributed by atoms with Gasteiger partial charge in [-0.25, -0.2) is 0 Å². The molecule has 0 N–H and O–H groups in total. The minimum absolute atomic E-state index is 0.338. The Labute approximate surface area is 151 Å². The van der Waals surface area contributed by atoms with Gasteiger partial charge in [0, 0.05) is 10.3 Å². The summed E-state index contributed by atoms with van der Waals surface area (Å²) in [6.07, 6.45) is 0.861. The van der Waals surface area contributed by atoms with Crippen molar-refractivity contribution >= 4 is 28.8 Å². The Morgan fingerprint density at radius 3 is 2.24 bits per heavy atom. The molecule has 1 aromatic heterocycles. The fourth-order valence-electron chi connectivity index (χ4n) is 3.69. The van der Waals surface area contributed by atoms with Crippen molar-refractivity contribution in [2.75, 3.05) is 14.2 Å². The molecule has 1 atom stereocenters. The number of ether oxygens (including phenoxy) is 2. The highest BCUT2D eigenvalue weighted by atomic mass is 32.1. The number of carbonyl (C=O) groups is 2. The van der Waals surface area contributed by atoms with Crippen LogP contribution in [0.4, 0.5) is 0 Å². The zero-order valence-corrected chi connectivity index (χ0v) is 15.1. The van der Waals surface area contributed by atoms with Gasteiger partial charge in [-0.2, -0.15) is 0 Å². The van der Waals surface area contributed by atoms with E-state index >= 15 is 0 Å². The molecule has 1 saturated carbocycles. The van der Waals surface area contributed by atoms with Crippen LogP contribution in [0.5, 0.6) is 0 Å². The molecule has 0 saturated heterocycles. The fraction of sp³-hybridized carbons (Fsp3) is 0.300. The van der Waals surface area contributed by atoms with Crippen molar-refractivity contribution in [3.8, 4) is 0 Å². The number of carbonyl (C=O) groups excluding carboxylic acids is 2. The SMILES string of the molecule is C=C(c1cccs1)C1(Cc2ccccc2)CC1(C(=O)OC)C(=O)OC. The highest BCUT2D eigenvalue weighted by molar-refractivity contribution is 7.11. The third kappa shape index (κ3) is 2.59. The minimum Gasteiger partial charge on any atom is -0.468 e. The number of hydrogen-bond donors (Lipinski definition) is 0. The van der Waals surface area contributed by atoms with Gasteiger partial charge >= 0.3 is 11.9 Å². The second-order valence-corrected chi connectivity index (χ2v) is 7.21. The van der Waals surface area contributed by atoms with E-state index in [2.05, 4.69) is 6.58 Å². The quantitative estimate of drug-likeness (QED) is 0.585. The summed E-state index contributed by atoms with van der Waals surface area (Å²) in [4.78, 5) is 26.2. The van der Waals surface area contributed by atoms with E-state index < -0.39 is 22.8 Å². The molecule has 1 aliphatic carbocycles. The van der Waals surface area contributed by atoms with Crippen molar-refractivity contribution in [2.45, 2.75) is 12.8 Å². The van der Waals surface area contributed by atoms with E-state index in [1.807, 2.05) is 47.8 Å². The molecule has 1 fully saturated rings. The van der Waals surface area contributed by atoms with Crippen LogP contribution in [0.25, 0.3) is 5.57 Å². The molecule has 0 radical (unpaired) electrons. The van der Waals surface area contributed by atoms with Gasteiger partial charge in [0.15, 0.2) is 5.41 Å². The van der Waals surface area contributed by atoms with E-state index in [0.717, 1.165) is 16.0 Å². The summed E-state index contributed by atoms with van der Waals surface area (Å²) in [5.41, 5.74) is -0.260. The van der Waals surface area contributed by atoms with Gasteiger partial charge in [-0.3, -0.25) is 9.59 Å². The zero-order chi connectivity index (χ0) is 18.1. The molecule has 1 unspecified atom stereocenters. The van der Waals surface area contributed by atoms with E-state index in [9.17, 15) is 9.59 Å². The van der Waals surface area contributed by atoms with Crippen LogP contribution >= 0.6 is 11.3 Å². The third-order valence-electron chi connectivity index (χ3n) is 5.07. The second kappa shape index (κ2) is 6.48. The molecule has 1 aliphatic rings. The van der Waals surface area contributed by atoms with Crippen molar-refractivity contribution in [3.63, 3.8) is 0 Å². The number of methoxy groups -OCH3 is 2. The van der Waals surface area contributed by atoms with Gasteiger partial charge in [0.2, 0.25) is 0 Å². The number of esters is 2. The van der Waals surface area contributed by atoms with Crippen molar-refractivity contribution < 1.29 is 19.1 Å². The van der Waals surface area contributed by atoms with Crippen molar-refractivity contribution in [3.05, 3.63) is 64.9 Å². The first kappa shape index (κ1) is 17.4. The molecule has 25 heavy (non-hydrogen) atoms. The Kier molecular flexibility index (Phi) is 4.52. The van der Waals surface area contributed by atoms with Crippen LogP contribution in [0.3, 0.4) is 0 Å². The van der Waals surface area contributed by atoms with Gasteiger partial charge in [-0.1, -0.05) is 43.0 Å². The van der Waals surface area contributed by atoms with Crippen molar-refractivity contribution in [2.24, 2.45) is 10.8 Å². The topological polar surface area (TPSA) is 52.6 Å². The lowest BCUT2D eigenvalue weighted by atomic mass is 9.80. The summed E-state index contributed by atoms with van der Waals surface area (Å²) in [5, 5.41) is 1.96. The van der Waals surface area contributed by atoms with Crippen LogP contribution in [0.15, 0.2) is 54.4 Å². The second-order valence-electron chi connectivity index (χ2n) is 6.27. The molecule has 1 aromatic carbocycles. The maximum absolute atomic E-state index is 12.6. The van der Waals surface area contributed by atoms with E-state index in [-0.39, 0.29) is 0 Å². The van der Waals surface area contributed by atoms with Crippen LogP contribution in [0.2, 0.25) is 0 Å². The first-order valence-corrected chi connectivity index (χ1v) is 8.84. The fourth-order valence-corrected chi connectivity index (χ4v) is 4.49. The maximum atomic E-state index is 12.6. The molecule has 0 aliphatic heterocycles. The van der Waals surface area contributed by atoms with Crippen LogP contribution in [-0.4, -0.2) is 26.2 Å². The lowest BCUT2D eigenvalue weighted by Gasteiger charge is -2.24. The predicted octanol–water partition coefficient (Wildman–Crippen LogP) is 3.73. The molecule has 1 heterocycles. The molecule has 4 nitrogen and oxygen atoms in total. The largest absolute Gasteiger partial charge is 0.468 e. The van der Waals surface area contributed by atoms with Crippen LogP contribution < -0.4 is 0 Å². The molecule has 5 heteroatoms. The third-order valence-corrected chi connectivity index (χ3v) is 6.00. The first-order valence-electron chi connectivity index (χ1n) is 7.96. The average molecular weight is 356 g/mol. The molecular weight excluding hydrogens is 336 g/mol. The Balaban J connectivity index is 2.09. The Hall–Kier alpha value is -2.40. The summed E-state index contributed by atoms with van der Waals surface area (Å²) >= 11 is 1.54. The first-order chi connectivity index (χ1) is 12.0. The van der Waals surface area contributed by atoms with E-state index in [4.69, 9.17) is 9.47 Å². The number of rotatable bonds is 6. The van der Waals surface area contributed by atoms with Crippen molar-refractivity contribution in [1.29, 1.82) is 0 Å². The minimum atomic E-state index is -1.34. The molecule has 2 aromatic rings. The normalized spacial score (nSPS) is 20.6. The van der Waals surface area contributed by atoms with E-state index in [0.29, 0.717) is 12.8 Å². The maximum Gasteiger partial charge on any atom is 0.324 e. The standard InChI is InChI=1S/C20H20O4S/c1-14(16-10-7-11-25-16)19(12-15-8-5-4-6-9-15)13-20(19,17(21)23-2)18(22)24-3/h4-11H,1,12-13H2,2-3H3. The summed E-state index contributed by atoms with van der Waals surface area (Å²) in [6, 6.07) is 13.7. The van der Waals surface area contributed by atoms with Gasteiger partial charge in [-0.15, -0.1) is 11.3 Å². The van der Waals surface area contributed by atoms with Gasteiger partial charge in [0.05, 0.1) is 14.2 Å². The van der Waals surface area contributed by atoms with Gasteiger partial charge in [-0.05, 0) is 35.4 Å². The Morgan fingerprint density at radius 2 is 1.72 bits per heavy atom. The molecule has 130 valence electrons. The van der Waals surface area contributed by atoms with Gasteiger partial charge in [0.25, 0.3) is 0 Å². The van der Waals surface area contributed by atoms with E-state index in [1.54, 1.807) is 11.3 Å². The molecular formula is C20H20O4S. The lowest BCUT2D eigenvalue weighted by molar-refractivity contribution is -0.162. The summed E-state index contributed by atoms with van der Waals surface area (Å²) in [6.45, 7) is 4.25. The average Bonchev–Trinajstić information content (AvgIpc) is 3.04. The molecule has 0 amide bonds. The van der Waals surface area contributed by atoms with Gasteiger partial charge in [0.1, 0.15) is 0 Å².